The first kappa shape index (κ1) is 25.9. The maximum atomic E-state index is 9.24. The van der Waals surface area contributed by atoms with Gasteiger partial charge in [-0.3, -0.25) is 4.90 Å². The third kappa shape index (κ3) is 14.8. The maximum Gasteiger partial charge on any atom is 0.152 e. The first-order chi connectivity index (χ1) is 13.7. The lowest BCUT2D eigenvalue weighted by Gasteiger charge is -2.36. The SMILES string of the molecule is CCCCCCCCCCCCCCCCCCN1CCNCC1CC(O)O. The Kier molecular flexibility index (Phi) is 17.4. The summed E-state index contributed by atoms with van der Waals surface area (Å²) in [5.41, 5.74) is 0. The molecule has 1 rings (SSSR count). The summed E-state index contributed by atoms with van der Waals surface area (Å²) in [4.78, 5) is 2.44. The second-order valence-electron chi connectivity index (χ2n) is 8.91. The molecule has 1 aliphatic rings. The Labute approximate surface area is 175 Å². The fourth-order valence-electron chi connectivity index (χ4n) is 4.44. The summed E-state index contributed by atoms with van der Waals surface area (Å²) in [5.74, 6) is 0. The molecule has 0 spiro atoms. The van der Waals surface area contributed by atoms with Gasteiger partial charge >= 0.3 is 0 Å². The number of hydrogen-bond acceptors (Lipinski definition) is 4. The molecule has 4 nitrogen and oxygen atoms in total. The second kappa shape index (κ2) is 18.8. The number of nitrogens with zero attached hydrogens (tertiary/aromatic N) is 1. The van der Waals surface area contributed by atoms with Crippen molar-refractivity contribution in [2.75, 3.05) is 26.2 Å². The van der Waals surface area contributed by atoms with Gasteiger partial charge in [0.1, 0.15) is 0 Å². The van der Waals surface area contributed by atoms with Crippen LogP contribution in [0.3, 0.4) is 0 Å². The summed E-state index contributed by atoms with van der Waals surface area (Å²) in [5, 5.41) is 21.8. The first-order valence-electron chi connectivity index (χ1n) is 12.5. The third-order valence-electron chi connectivity index (χ3n) is 6.25. The van der Waals surface area contributed by atoms with Crippen molar-refractivity contribution in [2.24, 2.45) is 0 Å². The monoisotopic (exact) mass is 398 g/mol. The van der Waals surface area contributed by atoms with E-state index >= 15 is 0 Å². The predicted molar refractivity (Wildman–Crippen MR) is 121 cm³/mol. The largest absolute Gasteiger partial charge is 0.368 e. The minimum absolute atomic E-state index is 0.282. The molecule has 1 saturated heterocycles. The Hall–Kier alpha value is -0.160. The van der Waals surface area contributed by atoms with E-state index in [1.165, 1.54) is 103 Å². The van der Waals surface area contributed by atoms with E-state index in [-0.39, 0.29) is 6.04 Å². The van der Waals surface area contributed by atoms with Crippen molar-refractivity contribution in [3.8, 4) is 0 Å². The van der Waals surface area contributed by atoms with E-state index in [1.54, 1.807) is 0 Å². The molecule has 28 heavy (non-hydrogen) atoms. The standard InChI is InChI=1S/C24H50N2O2/c1-2-3-4-5-6-7-8-9-10-11-12-13-14-15-16-17-19-26-20-18-25-22-23(26)21-24(27)28/h23-25,27-28H,2-22H2,1H3. The molecule has 168 valence electrons. The first-order valence-corrected chi connectivity index (χ1v) is 12.5. The van der Waals surface area contributed by atoms with Crippen molar-refractivity contribution in [3.63, 3.8) is 0 Å². The molecule has 0 aromatic heterocycles. The fraction of sp³-hybridized carbons (Fsp3) is 1.00. The second-order valence-corrected chi connectivity index (χ2v) is 8.91. The smallest absolute Gasteiger partial charge is 0.152 e. The van der Waals surface area contributed by atoms with Gasteiger partial charge in [0.15, 0.2) is 6.29 Å². The minimum atomic E-state index is -1.18. The van der Waals surface area contributed by atoms with Gasteiger partial charge in [0, 0.05) is 32.1 Å². The highest BCUT2D eigenvalue weighted by molar-refractivity contribution is 4.80. The molecule has 0 saturated carbocycles. The van der Waals surface area contributed by atoms with Gasteiger partial charge in [0.25, 0.3) is 0 Å². The Morgan fingerprint density at radius 2 is 1.21 bits per heavy atom. The lowest BCUT2D eigenvalue weighted by atomic mass is 10.0. The number of piperazine rings is 1. The van der Waals surface area contributed by atoms with E-state index in [1.807, 2.05) is 0 Å². The molecule has 1 aliphatic heterocycles. The predicted octanol–water partition coefficient (Wildman–Crippen LogP) is 5.22. The molecule has 0 radical (unpaired) electrons. The third-order valence-corrected chi connectivity index (χ3v) is 6.25. The number of aliphatic hydroxyl groups excluding tert-OH is 1. The van der Waals surface area contributed by atoms with Crippen LogP contribution in [0.4, 0.5) is 0 Å². The van der Waals surface area contributed by atoms with E-state index in [2.05, 4.69) is 17.1 Å². The fourth-order valence-corrected chi connectivity index (χ4v) is 4.44. The number of unbranched alkanes of at least 4 members (excludes halogenated alkanes) is 15. The molecule has 1 fully saturated rings. The van der Waals surface area contributed by atoms with E-state index in [0.717, 1.165) is 26.2 Å². The molecule has 0 bridgehead atoms. The van der Waals surface area contributed by atoms with E-state index < -0.39 is 6.29 Å². The van der Waals surface area contributed by atoms with Crippen molar-refractivity contribution in [1.29, 1.82) is 0 Å². The van der Waals surface area contributed by atoms with Crippen LogP contribution in [0, 0.1) is 0 Å². The van der Waals surface area contributed by atoms with Crippen LogP contribution in [0.25, 0.3) is 0 Å². The van der Waals surface area contributed by atoms with Gasteiger partial charge < -0.3 is 15.5 Å². The highest BCUT2D eigenvalue weighted by Crippen LogP contribution is 2.15. The molecule has 0 aromatic carbocycles. The van der Waals surface area contributed by atoms with Crippen molar-refractivity contribution in [2.45, 2.75) is 128 Å². The molecule has 1 heterocycles. The quantitative estimate of drug-likeness (QED) is 0.206. The summed E-state index contributed by atoms with van der Waals surface area (Å²) in [6.45, 7) is 6.34. The summed E-state index contributed by atoms with van der Waals surface area (Å²) < 4.78 is 0. The topological polar surface area (TPSA) is 55.7 Å². The Balaban J connectivity index is 1.81. The molecule has 1 unspecified atom stereocenters. The van der Waals surface area contributed by atoms with Gasteiger partial charge in [-0.05, 0) is 13.0 Å². The van der Waals surface area contributed by atoms with Crippen LogP contribution in [0.1, 0.15) is 116 Å². The van der Waals surface area contributed by atoms with Gasteiger partial charge in [0.05, 0.1) is 0 Å². The highest BCUT2D eigenvalue weighted by atomic mass is 16.5. The Bertz CT molecular complexity index is 326. The van der Waals surface area contributed by atoms with E-state index in [0.29, 0.717) is 6.42 Å². The van der Waals surface area contributed by atoms with Crippen molar-refractivity contribution < 1.29 is 10.2 Å². The van der Waals surface area contributed by atoms with Crippen LogP contribution in [0.2, 0.25) is 0 Å². The average molecular weight is 399 g/mol. The van der Waals surface area contributed by atoms with E-state index in [4.69, 9.17) is 0 Å². The lowest BCUT2D eigenvalue weighted by Crippen LogP contribution is -2.52. The number of hydrogen-bond donors (Lipinski definition) is 3. The molecule has 0 aromatic rings. The molecular weight excluding hydrogens is 348 g/mol. The zero-order valence-electron chi connectivity index (χ0n) is 18.8. The molecule has 4 heteroatoms. The molecule has 3 N–H and O–H groups in total. The van der Waals surface area contributed by atoms with Gasteiger partial charge in [-0.15, -0.1) is 0 Å². The van der Waals surface area contributed by atoms with Gasteiger partial charge in [0.2, 0.25) is 0 Å². The Morgan fingerprint density at radius 1 is 0.750 bits per heavy atom. The highest BCUT2D eigenvalue weighted by Gasteiger charge is 2.23. The van der Waals surface area contributed by atoms with Crippen molar-refractivity contribution in [3.05, 3.63) is 0 Å². The van der Waals surface area contributed by atoms with Gasteiger partial charge in [-0.2, -0.15) is 0 Å². The van der Waals surface area contributed by atoms with Crippen molar-refractivity contribution in [1.82, 2.24) is 10.2 Å². The molecule has 0 aliphatic carbocycles. The summed E-state index contributed by atoms with van der Waals surface area (Å²) in [7, 11) is 0. The summed E-state index contributed by atoms with van der Waals surface area (Å²) in [6, 6.07) is 0.282. The van der Waals surface area contributed by atoms with E-state index in [9.17, 15) is 10.2 Å². The molecule has 0 amide bonds. The zero-order valence-corrected chi connectivity index (χ0v) is 18.8. The number of rotatable bonds is 19. The van der Waals surface area contributed by atoms with Crippen LogP contribution in [-0.2, 0) is 0 Å². The molecule has 1 atom stereocenters. The minimum Gasteiger partial charge on any atom is -0.368 e. The van der Waals surface area contributed by atoms with Crippen molar-refractivity contribution >= 4 is 0 Å². The molecular formula is C24H50N2O2. The number of nitrogens with one attached hydrogen (secondary N) is 1. The zero-order chi connectivity index (χ0) is 20.3. The van der Waals surface area contributed by atoms with Crippen LogP contribution >= 0.6 is 0 Å². The van der Waals surface area contributed by atoms with Crippen LogP contribution in [0.15, 0.2) is 0 Å². The van der Waals surface area contributed by atoms with Gasteiger partial charge in [-0.25, -0.2) is 0 Å². The van der Waals surface area contributed by atoms with Crippen LogP contribution in [0.5, 0.6) is 0 Å². The van der Waals surface area contributed by atoms with Crippen LogP contribution in [-0.4, -0.2) is 53.6 Å². The van der Waals surface area contributed by atoms with Gasteiger partial charge in [-0.1, -0.05) is 103 Å². The lowest BCUT2D eigenvalue weighted by molar-refractivity contribution is -0.0644. The summed E-state index contributed by atoms with van der Waals surface area (Å²) in [6.07, 6.45) is 21.8. The Morgan fingerprint density at radius 3 is 1.68 bits per heavy atom. The average Bonchev–Trinajstić information content (AvgIpc) is 2.68. The normalized spacial score (nSPS) is 18.2. The van der Waals surface area contributed by atoms with Crippen LogP contribution < -0.4 is 5.32 Å². The summed E-state index contributed by atoms with van der Waals surface area (Å²) >= 11 is 0. The number of aliphatic hydroxyl groups is 2. The maximum absolute atomic E-state index is 9.24.